The zero-order valence-electron chi connectivity index (χ0n) is 15.0. The van der Waals surface area contributed by atoms with Crippen LogP contribution in [0.25, 0.3) is 0 Å². The molecule has 3 aliphatic rings. The minimum Gasteiger partial charge on any atom is -0.334 e. The highest BCUT2D eigenvalue weighted by atomic mass is 19.1. The fourth-order valence-corrected chi connectivity index (χ4v) is 3.51. The largest absolute Gasteiger partial charge is 0.334 e. The Labute approximate surface area is 151 Å². The van der Waals surface area contributed by atoms with Crippen LogP contribution >= 0.6 is 0 Å². The number of anilines is 1. The topological polar surface area (TPSA) is 52.7 Å². The first-order valence-corrected chi connectivity index (χ1v) is 8.80. The van der Waals surface area contributed by atoms with Gasteiger partial charge in [0.05, 0.1) is 11.6 Å². The van der Waals surface area contributed by atoms with E-state index in [4.69, 9.17) is 0 Å². The monoisotopic (exact) mass is 363 g/mol. The summed E-state index contributed by atoms with van der Waals surface area (Å²) in [5.41, 5.74) is 1.07. The third-order valence-electron chi connectivity index (χ3n) is 4.95. The summed E-state index contributed by atoms with van der Waals surface area (Å²) in [6.07, 6.45) is 3.61. The summed E-state index contributed by atoms with van der Waals surface area (Å²) in [6, 6.07) is 2.51. The summed E-state index contributed by atoms with van der Waals surface area (Å²) in [4.78, 5) is 28.6. The number of carbonyl (C=O) groups is 2. The number of urea groups is 1. The molecule has 3 saturated heterocycles. The zero-order chi connectivity index (χ0) is 18.8. The second-order valence-corrected chi connectivity index (χ2v) is 7.16. The highest BCUT2D eigenvalue weighted by Crippen LogP contribution is 2.29. The fourth-order valence-electron chi connectivity index (χ4n) is 3.51. The van der Waals surface area contributed by atoms with Crippen molar-refractivity contribution in [2.45, 2.75) is 32.7 Å². The lowest BCUT2D eigenvalue weighted by molar-refractivity contribution is -0.139. The standard InChI is InChI=1S/C19H23F2N3O2/c1-12(2)7-8-24-15-5-3-13(18(24)25)10-23(11-15)19(26)22-17-6-4-14(20)9-16(17)21/h4,6-7,9,13,15H,3,5,8,10-11H2,1-2H3,(H,22,26)/t13-,15+/m1/s1. The molecule has 2 bridgehead atoms. The molecule has 0 aliphatic carbocycles. The van der Waals surface area contributed by atoms with Crippen molar-refractivity contribution in [3.05, 3.63) is 41.5 Å². The zero-order valence-corrected chi connectivity index (χ0v) is 15.0. The Balaban J connectivity index is 1.73. The van der Waals surface area contributed by atoms with Gasteiger partial charge in [-0.25, -0.2) is 13.6 Å². The number of piperidine rings is 1. The first-order valence-electron chi connectivity index (χ1n) is 8.80. The highest BCUT2D eigenvalue weighted by molar-refractivity contribution is 5.90. The van der Waals surface area contributed by atoms with Gasteiger partial charge in [0, 0.05) is 31.7 Å². The van der Waals surface area contributed by atoms with Crippen molar-refractivity contribution in [1.82, 2.24) is 9.80 Å². The van der Waals surface area contributed by atoms with Crippen LogP contribution in [0.5, 0.6) is 0 Å². The minimum atomic E-state index is -0.822. The number of halogens is 2. The van der Waals surface area contributed by atoms with Crippen LogP contribution in [-0.4, -0.2) is 47.4 Å². The Bertz CT molecular complexity index is 746. The quantitative estimate of drug-likeness (QED) is 0.837. The van der Waals surface area contributed by atoms with E-state index in [1.54, 1.807) is 4.90 Å². The molecule has 2 atom stereocenters. The number of amides is 3. The number of rotatable bonds is 3. The molecule has 3 aliphatic heterocycles. The number of hydrogen-bond donors (Lipinski definition) is 1. The predicted molar refractivity (Wildman–Crippen MR) is 94.6 cm³/mol. The van der Waals surface area contributed by atoms with E-state index in [-0.39, 0.29) is 23.6 Å². The normalized spacial score (nSPS) is 22.2. The summed E-state index contributed by atoms with van der Waals surface area (Å²) in [5.74, 6) is -1.68. The Morgan fingerprint density at radius 2 is 2.04 bits per heavy atom. The number of allylic oxidation sites excluding steroid dienone is 1. The van der Waals surface area contributed by atoms with Crippen molar-refractivity contribution in [3.8, 4) is 0 Å². The third-order valence-corrected chi connectivity index (χ3v) is 4.95. The van der Waals surface area contributed by atoms with E-state index >= 15 is 0 Å². The minimum absolute atomic E-state index is 0.0411. The second-order valence-electron chi connectivity index (χ2n) is 7.16. The second kappa shape index (κ2) is 7.43. The van der Waals surface area contributed by atoms with Crippen LogP contribution in [0, 0.1) is 17.6 Å². The van der Waals surface area contributed by atoms with Crippen LogP contribution in [0.1, 0.15) is 26.7 Å². The summed E-state index contributed by atoms with van der Waals surface area (Å²) in [6.45, 7) is 5.24. The van der Waals surface area contributed by atoms with Gasteiger partial charge in [0.25, 0.3) is 0 Å². The summed E-state index contributed by atoms with van der Waals surface area (Å²) in [5, 5.41) is 2.49. The van der Waals surface area contributed by atoms with Crippen molar-refractivity contribution >= 4 is 17.6 Å². The maximum absolute atomic E-state index is 13.8. The van der Waals surface area contributed by atoms with Crippen molar-refractivity contribution in [3.63, 3.8) is 0 Å². The molecule has 3 fully saturated rings. The number of nitrogens with one attached hydrogen (secondary N) is 1. The number of benzene rings is 1. The Kier molecular flexibility index (Phi) is 5.25. The number of carbonyl (C=O) groups excluding carboxylic acids is 2. The van der Waals surface area contributed by atoms with E-state index < -0.39 is 17.7 Å². The van der Waals surface area contributed by atoms with Gasteiger partial charge in [-0.15, -0.1) is 0 Å². The van der Waals surface area contributed by atoms with Gasteiger partial charge in [-0.1, -0.05) is 11.6 Å². The van der Waals surface area contributed by atoms with E-state index in [9.17, 15) is 18.4 Å². The predicted octanol–water partition coefficient (Wildman–Crippen LogP) is 3.39. The Hall–Kier alpha value is -2.44. The molecular weight excluding hydrogens is 340 g/mol. The maximum atomic E-state index is 13.8. The lowest BCUT2D eigenvalue weighted by atomic mass is 9.94. The molecule has 1 N–H and O–H groups in total. The SMILES string of the molecule is CC(C)=CCN1C(=O)[C@@H]2CC[C@H]1CN(C(=O)Nc1ccc(F)cc1F)C2. The van der Waals surface area contributed by atoms with Gasteiger partial charge in [-0.05, 0) is 38.8 Å². The number of nitrogens with zero attached hydrogens (tertiary/aromatic N) is 2. The van der Waals surface area contributed by atoms with Crippen LogP contribution in [0.4, 0.5) is 19.3 Å². The van der Waals surface area contributed by atoms with Crippen molar-refractivity contribution < 1.29 is 18.4 Å². The van der Waals surface area contributed by atoms with Crippen LogP contribution in [0.15, 0.2) is 29.8 Å². The van der Waals surface area contributed by atoms with Crippen LogP contribution < -0.4 is 5.32 Å². The van der Waals surface area contributed by atoms with Crippen LogP contribution in [0.3, 0.4) is 0 Å². The molecule has 0 spiro atoms. The van der Waals surface area contributed by atoms with E-state index in [1.165, 1.54) is 6.07 Å². The molecule has 3 heterocycles. The van der Waals surface area contributed by atoms with Gasteiger partial charge >= 0.3 is 6.03 Å². The van der Waals surface area contributed by atoms with Crippen LogP contribution in [-0.2, 0) is 4.79 Å². The van der Waals surface area contributed by atoms with Crippen LogP contribution in [0.2, 0.25) is 0 Å². The molecule has 26 heavy (non-hydrogen) atoms. The molecule has 0 aromatic heterocycles. The van der Waals surface area contributed by atoms with Gasteiger partial charge in [0.15, 0.2) is 0 Å². The molecule has 140 valence electrons. The molecule has 0 saturated carbocycles. The molecule has 1 aromatic rings. The molecular formula is C19H23F2N3O2. The molecule has 4 rings (SSSR count). The summed E-state index contributed by atoms with van der Waals surface area (Å²) >= 11 is 0. The number of hydrogen-bond acceptors (Lipinski definition) is 2. The molecule has 7 heteroatoms. The average molecular weight is 363 g/mol. The molecule has 0 radical (unpaired) electrons. The van der Waals surface area contributed by atoms with Gasteiger partial charge in [0.1, 0.15) is 11.6 Å². The summed E-state index contributed by atoms with van der Waals surface area (Å²) < 4.78 is 26.8. The van der Waals surface area contributed by atoms with Gasteiger partial charge in [-0.2, -0.15) is 0 Å². The lowest BCUT2D eigenvalue weighted by Crippen LogP contribution is -2.48. The maximum Gasteiger partial charge on any atom is 0.322 e. The fraction of sp³-hybridized carbons (Fsp3) is 0.474. The molecule has 3 amide bonds. The number of fused-ring (bicyclic) bond motifs is 4. The van der Waals surface area contributed by atoms with Crippen molar-refractivity contribution in [1.29, 1.82) is 0 Å². The van der Waals surface area contributed by atoms with Crippen molar-refractivity contribution in [2.75, 3.05) is 25.0 Å². The first kappa shape index (κ1) is 18.4. The molecule has 5 nitrogen and oxygen atoms in total. The lowest BCUT2D eigenvalue weighted by Gasteiger charge is -2.35. The Morgan fingerprint density at radius 3 is 2.73 bits per heavy atom. The van der Waals surface area contributed by atoms with E-state index in [0.717, 1.165) is 30.5 Å². The summed E-state index contributed by atoms with van der Waals surface area (Å²) in [7, 11) is 0. The average Bonchev–Trinajstić information content (AvgIpc) is 2.87. The molecule has 0 unspecified atom stereocenters. The molecule has 1 aromatic carbocycles. The highest BCUT2D eigenvalue weighted by Gasteiger charge is 2.41. The van der Waals surface area contributed by atoms with E-state index in [2.05, 4.69) is 5.32 Å². The van der Waals surface area contributed by atoms with Crippen molar-refractivity contribution in [2.24, 2.45) is 5.92 Å². The smallest absolute Gasteiger partial charge is 0.322 e. The van der Waals surface area contributed by atoms with E-state index in [1.807, 2.05) is 24.8 Å². The van der Waals surface area contributed by atoms with Gasteiger partial charge in [-0.3, -0.25) is 4.79 Å². The van der Waals surface area contributed by atoms with Gasteiger partial charge in [0.2, 0.25) is 5.91 Å². The van der Waals surface area contributed by atoms with Gasteiger partial charge < -0.3 is 15.1 Å². The van der Waals surface area contributed by atoms with E-state index in [0.29, 0.717) is 19.6 Å². The Morgan fingerprint density at radius 1 is 1.27 bits per heavy atom. The first-order chi connectivity index (χ1) is 12.3. The third kappa shape index (κ3) is 3.86.